The molecular weight excluding hydrogens is 200 g/mol. The highest BCUT2D eigenvalue weighted by Gasteiger charge is 2.50. The number of nitrogens with zero attached hydrogens (tertiary/aromatic N) is 1. The fourth-order valence-corrected chi connectivity index (χ4v) is 4.12. The Morgan fingerprint density at radius 2 is 2.12 bits per heavy atom. The number of carbonyl (C=O) groups excluding carboxylic acids is 1. The second-order valence-corrected chi connectivity index (χ2v) is 5.69. The summed E-state index contributed by atoms with van der Waals surface area (Å²) in [6, 6.07) is 0.559. The van der Waals surface area contributed by atoms with Gasteiger partial charge in [0.15, 0.2) is 0 Å². The molecule has 0 radical (unpaired) electrons. The Morgan fingerprint density at radius 1 is 1.31 bits per heavy atom. The van der Waals surface area contributed by atoms with E-state index in [9.17, 15) is 4.79 Å². The summed E-state index contributed by atoms with van der Waals surface area (Å²) in [5, 5.41) is 3.52. The van der Waals surface area contributed by atoms with E-state index in [-0.39, 0.29) is 0 Å². The summed E-state index contributed by atoms with van der Waals surface area (Å²) in [4.78, 5) is 14.3. The van der Waals surface area contributed by atoms with Gasteiger partial charge in [-0.3, -0.25) is 4.79 Å². The molecule has 1 saturated carbocycles. The first-order chi connectivity index (χ1) is 7.81. The number of hydrogen-bond acceptors (Lipinski definition) is 2. The highest BCUT2D eigenvalue weighted by atomic mass is 16.2. The molecule has 0 spiro atoms. The highest BCUT2D eigenvalue weighted by Crippen LogP contribution is 2.45. The van der Waals surface area contributed by atoms with Crippen LogP contribution in [0, 0.1) is 17.8 Å². The molecule has 4 fully saturated rings. The van der Waals surface area contributed by atoms with Gasteiger partial charge in [0.05, 0.1) is 0 Å². The SMILES string of the molecule is CCCC(=O)N1CC2CCC1C1CNCC21. The van der Waals surface area contributed by atoms with Crippen molar-refractivity contribution < 1.29 is 4.79 Å². The van der Waals surface area contributed by atoms with Gasteiger partial charge in [0.1, 0.15) is 0 Å². The lowest BCUT2D eigenvalue weighted by molar-refractivity contribution is -0.143. The van der Waals surface area contributed by atoms with E-state index in [0.717, 1.165) is 43.7 Å². The van der Waals surface area contributed by atoms with E-state index in [1.807, 2.05) is 0 Å². The molecule has 4 unspecified atom stereocenters. The third-order valence-corrected chi connectivity index (χ3v) is 4.86. The molecule has 3 heterocycles. The molecule has 0 aromatic heterocycles. The van der Waals surface area contributed by atoms with Crippen molar-refractivity contribution in [3.8, 4) is 0 Å². The normalized spacial score (nSPS) is 41.2. The maximum Gasteiger partial charge on any atom is 0.222 e. The Labute approximate surface area is 97.6 Å². The van der Waals surface area contributed by atoms with Gasteiger partial charge in [-0.25, -0.2) is 0 Å². The van der Waals surface area contributed by atoms with Gasteiger partial charge in [0, 0.05) is 25.6 Å². The predicted octanol–water partition coefficient (Wildman–Crippen LogP) is 1.24. The fraction of sp³-hybridized carbons (Fsp3) is 0.923. The molecule has 3 aliphatic heterocycles. The zero-order valence-electron chi connectivity index (χ0n) is 10.1. The Kier molecular flexibility index (Phi) is 2.66. The maximum atomic E-state index is 12.1. The Balaban J connectivity index is 1.77. The summed E-state index contributed by atoms with van der Waals surface area (Å²) in [6.07, 6.45) is 4.33. The minimum Gasteiger partial charge on any atom is -0.339 e. The summed E-state index contributed by atoms with van der Waals surface area (Å²) in [7, 11) is 0. The highest BCUT2D eigenvalue weighted by molar-refractivity contribution is 5.76. The lowest BCUT2D eigenvalue weighted by atomic mass is 9.66. The van der Waals surface area contributed by atoms with Crippen LogP contribution in [0.1, 0.15) is 32.6 Å². The van der Waals surface area contributed by atoms with Crippen LogP contribution in [-0.2, 0) is 4.79 Å². The monoisotopic (exact) mass is 222 g/mol. The minimum absolute atomic E-state index is 0.405. The summed E-state index contributed by atoms with van der Waals surface area (Å²) < 4.78 is 0. The first kappa shape index (κ1) is 10.6. The molecule has 4 atom stereocenters. The smallest absolute Gasteiger partial charge is 0.222 e. The van der Waals surface area contributed by atoms with Gasteiger partial charge in [-0.15, -0.1) is 0 Å². The maximum absolute atomic E-state index is 12.1. The summed E-state index contributed by atoms with van der Waals surface area (Å²) >= 11 is 0. The van der Waals surface area contributed by atoms with Crippen LogP contribution in [0.3, 0.4) is 0 Å². The van der Waals surface area contributed by atoms with Crippen molar-refractivity contribution in [1.82, 2.24) is 10.2 Å². The minimum atomic E-state index is 0.405. The van der Waals surface area contributed by atoms with E-state index in [0.29, 0.717) is 11.9 Å². The molecule has 90 valence electrons. The van der Waals surface area contributed by atoms with Crippen LogP contribution in [-0.4, -0.2) is 36.5 Å². The van der Waals surface area contributed by atoms with Gasteiger partial charge >= 0.3 is 0 Å². The largest absolute Gasteiger partial charge is 0.339 e. The molecule has 16 heavy (non-hydrogen) atoms. The van der Waals surface area contributed by atoms with E-state index in [1.54, 1.807) is 0 Å². The van der Waals surface area contributed by atoms with Crippen LogP contribution in [0.4, 0.5) is 0 Å². The molecule has 0 aromatic carbocycles. The Hall–Kier alpha value is -0.570. The standard InChI is InChI=1S/C13H22N2O/c1-2-3-13(16)15-8-9-4-5-12(15)11-7-14-6-10(9)11/h9-12,14H,2-8H2,1H3. The van der Waals surface area contributed by atoms with Crippen LogP contribution in [0.2, 0.25) is 0 Å². The third kappa shape index (κ3) is 1.48. The number of amides is 1. The van der Waals surface area contributed by atoms with Crippen LogP contribution < -0.4 is 5.32 Å². The first-order valence-corrected chi connectivity index (χ1v) is 6.81. The molecule has 3 nitrogen and oxygen atoms in total. The Bertz CT molecular complexity index is 292. The van der Waals surface area contributed by atoms with Gasteiger partial charge in [-0.05, 0) is 43.6 Å². The zero-order valence-corrected chi connectivity index (χ0v) is 10.1. The van der Waals surface area contributed by atoms with Crippen LogP contribution in [0.15, 0.2) is 0 Å². The molecule has 0 aromatic rings. The van der Waals surface area contributed by atoms with Gasteiger partial charge in [0.2, 0.25) is 5.91 Å². The molecule has 1 aliphatic carbocycles. The second kappa shape index (κ2) is 4.02. The third-order valence-electron chi connectivity index (χ3n) is 4.86. The average Bonchev–Trinajstić information content (AvgIpc) is 2.80. The summed E-state index contributed by atoms with van der Waals surface area (Å²) in [6.45, 7) is 5.48. The zero-order chi connectivity index (χ0) is 11.1. The van der Waals surface area contributed by atoms with E-state index in [1.165, 1.54) is 19.4 Å². The van der Waals surface area contributed by atoms with E-state index < -0.39 is 0 Å². The van der Waals surface area contributed by atoms with Crippen molar-refractivity contribution in [2.45, 2.75) is 38.6 Å². The summed E-state index contributed by atoms with van der Waals surface area (Å²) in [5.41, 5.74) is 0. The number of fused-ring (bicyclic) bond motifs is 2. The first-order valence-electron chi connectivity index (χ1n) is 6.81. The van der Waals surface area contributed by atoms with Crippen molar-refractivity contribution in [3.05, 3.63) is 0 Å². The molecule has 2 bridgehead atoms. The van der Waals surface area contributed by atoms with Crippen molar-refractivity contribution in [2.75, 3.05) is 19.6 Å². The van der Waals surface area contributed by atoms with Gasteiger partial charge in [-0.2, -0.15) is 0 Å². The lowest BCUT2D eigenvalue weighted by Gasteiger charge is -2.52. The Morgan fingerprint density at radius 3 is 2.94 bits per heavy atom. The second-order valence-electron chi connectivity index (χ2n) is 5.69. The molecule has 3 heteroatoms. The van der Waals surface area contributed by atoms with Crippen molar-refractivity contribution in [2.24, 2.45) is 17.8 Å². The quantitative estimate of drug-likeness (QED) is 0.762. The van der Waals surface area contributed by atoms with Crippen LogP contribution >= 0.6 is 0 Å². The van der Waals surface area contributed by atoms with E-state index >= 15 is 0 Å². The molecule has 4 aliphatic rings. The number of carbonyl (C=O) groups is 1. The number of nitrogens with one attached hydrogen (secondary N) is 1. The average molecular weight is 222 g/mol. The molecule has 1 N–H and O–H groups in total. The molecule has 3 saturated heterocycles. The van der Waals surface area contributed by atoms with E-state index in [2.05, 4.69) is 17.1 Å². The van der Waals surface area contributed by atoms with Gasteiger partial charge in [0.25, 0.3) is 0 Å². The topological polar surface area (TPSA) is 32.3 Å². The molecule has 1 amide bonds. The van der Waals surface area contributed by atoms with Crippen molar-refractivity contribution >= 4 is 5.91 Å². The molecular formula is C13H22N2O. The fourth-order valence-electron chi connectivity index (χ4n) is 4.12. The van der Waals surface area contributed by atoms with Crippen LogP contribution in [0.25, 0.3) is 0 Å². The van der Waals surface area contributed by atoms with Crippen molar-refractivity contribution in [3.63, 3.8) is 0 Å². The van der Waals surface area contributed by atoms with Gasteiger partial charge < -0.3 is 10.2 Å². The van der Waals surface area contributed by atoms with Crippen LogP contribution in [0.5, 0.6) is 0 Å². The van der Waals surface area contributed by atoms with Gasteiger partial charge in [-0.1, -0.05) is 6.92 Å². The number of rotatable bonds is 2. The van der Waals surface area contributed by atoms with Crippen molar-refractivity contribution in [1.29, 1.82) is 0 Å². The number of hydrogen-bond donors (Lipinski definition) is 1. The van der Waals surface area contributed by atoms with E-state index in [4.69, 9.17) is 0 Å². The predicted molar refractivity (Wildman–Crippen MR) is 63.0 cm³/mol. The number of piperidine rings is 2. The summed E-state index contributed by atoms with van der Waals surface area (Å²) in [5.74, 6) is 2.81. The lowest BCUT2D eigenvalue weighted by Crippen LogP contribution is -2.59. The molecule has 4 rings (SSSR count).